The first kappa shape index (κ1) is 12.6. The first-order valence-corrected chi connectivity index (χ1v) is 5.41. The molecular weight excluding hydrogens is 194 g/mol. The number of carbonyl (C=O) groups excluding carboxylic acids is 1. The van der Waals surface area contributed by atoms with E-state index in [1.54, 1.807) is 0 Å². The van der Waals surface area contributed by atoms with Gasteiger partial charge in [-0.15, -0.1) is 0 Å². The van der Waals surface area contributed by atoms with E-state index >= 15 is 0 Å². The van der Waals surface area contributed by atoms with Crippen molar-refractivity contribution in [1.82, 2.24) is 4.90 Å². The quantitative estimate of drug-likeness (QED) is 0.719. The van der Waals surface area contributed by atoms with Gasteiger partial charge < -0.3 is 9.84 Å². The fraction of sp³-hybridized carbons (Fsp3) is 0.909. The predicted octanol–water partition coefficient (Wildman–Crippen LogP) is 0.295. The average Bonchev–Trinajstić information content (AvgIpc) is 2.28. The maximum Gasteiger partial charge on any atom is 0.152 e. The maximum atomic E-state index is 11.8. The SMILES string of the molecule is CC(C)(C)C(=O)CN1CCOCC(O)C1. The summed E-state index contributed by atoms with van der Waals surface area (Å²) >= 11 is 0. The lowest BCUT2D eigenvalue weighted by Gasteiger charge is -2.24. The Balaban J connectivity index is 2.46. The number of β-amino-alcohol motifs (C(OH)–C–C–N with tert-alkyl or cyclic N) is 1. The lowest BCUT2D eigenvalue weighted by Crippen LogP contribution is -2.40. The summed E-state index contributed by atoms with van der Waals surface area (Å²) < 4.78 is 5.20. The van der Waals surface area contributed by atoms with Crippen molar-refractivity contribution in [3.63, 3.8) is 0 Å². The van der Waals surface area contributed by atoms with Gasteiger partial charge in [-0.2, -0.15) is 0 Å². The number of hydrogen-bond acceptors (Lipinski definition) is 4. The highest BCUT2D eigenvalue weighted by Crippen LogP contribution is 2.15. The average molecular weight is 215 g/mol. The third kappa shape index (κ3) is 4.28. The summed E-state index contributed by atoms with van der Waals surface area (Å²) in [6, 6.07) is 0. The van der Waals surface area contributed by atoms with Gasteiger partial charge in [-0.25, -0.2) is 0 Å². The number of aliphatic hydroxyl groups is 1. The molecule has 1 fully saturated rings. The summed E-state index contributed by atoms with van der Waals surface area (Å²) in [5, 5.41) is 9.50. The Morgan fingerprint density at radius 2 is 2.20 bits per heavy atom. The summed E-state index contributed by atoms with van der Waals surface area (Å²) in [6.45, 7) is 8.37. The van der Waals surface area contributed by atoms with Gasteiger partial charge in [-0.05, 0) is 0 Å². The Morgan fingerprint density at radius 1 is 1.53 bits per heavy atom. The lowest BCUT2D eigenvalue weighted by molar-refractivity contribution is -0.127. The summed E-state index contributed by atoms with van der Waals surface area (Å²) in [7, 11) is 0. The molecule has 88 valence electrons. The van der Waals surface area contributed by atoms with Crippen LogP contribution in [0.2, 0.25) is 0 Å². The smallest absolute Gasteiger partial charge is 0.152 e. The molecule has 1 N–H and O–H groups in total. The summed E-state index contributed by atoms with van der Waals surface area (Å²) in [5.74, 6) is 0.205. The highest BCUT2D eigenvalue weighted by atomic mass is 16.5. The van der Waals surface area contributed by atoms with Gasteiger partial charge in [0.15, 0.2) is 5.78 Å². The second-order valence-corrected chi connectivity index (χ2v) is 5.14. The molecule has 0 aromatic carbocycles. The molecule has 0 amide bonds. The molecule has 1 saturated heterocycles. The van der Waals surface area contributed by atoms with Crippen LogP contribution in [0.3, 0.4) is 0 Å². The molecule has 0 aromatic rings. The molecule has 4 nitrogen and oxygen atoms in total. The van der Waals surface area contributed by atoms with E-state index in [0.29, 0.717) is 26.3 Å². The van der Waals surface area contributed by atoms with Crippen LogP contribution in [-0.2, 0) is 9.53 Å². The van der Waals surface area contributed by atoms with Crippen molar-refractivity contribution >= 4 is 5.78 Å². The van der Waals surface area contributed by atoms with Gasteiger partial charge in [-0.3, -0.25) is 9.69 Å². The first-order valence-electron chi connectivity index (χ1n) is 5.41. The van der Waals surface area contributed by atoms with Crippen molar-refractivity contribution in [3.8, 4) is 0 Å². The van der Waals surface area contributed by atoms with E-state index < -0.39 is 6.10 Å². The molecule has 0 radical (unpaired) electrons. The number of ether oxygens (including phenoxy) is 1. The van der Waals surface area contributed by atoms with Gasteiger partial charge >= 0.3 is 0 Å². The van der Waals surface area contributed by atoms with Gasteiger partial charge in [0.1, 0.15) is 0 Å². The van der Waals surface area contributed by atoms with Gasteiger partial charge in [0.25, 0.3) is 0 Å². The molecule has 0 spiro atoms. The van der Waals surface area contributed by atoms with E-state index in [1.807, 2.05) is 25.7 Å². The standard InChI is InChI=1S/C11H21NO3/c1-11(2,3)10(14)7-12-4-5-15-8-9(13)6-12/h9,13H,4-8H2,1-3H3. The molecule has 15 heavy (non-hydrogen) atoms. The van der Waals surface area contributed by atoms with E-state index in [1.165, 1.54) is 0 Å². The van der Waals surface area contributed by atoms with Crippen molar-refractivity contribution in [3.05, 3.63) is 0 Å². The molecule has 1 atom stereocenters. The highest BCUT2D eigenvalue weighted by Gasteiger charge is 2.25. The number of ketones is 1. The number of Topliss-reactive ketones (excluding diaryl/α,β-unsaturated/α-hetero) is 1. The molecule has 0 saturated carbocycles. The molecule has 1 aliphatic heterocycles. The molecule has 1 aliphatic rings. The topological polar surface area (TPSA) is 49.8 Å². The van der Waals surface area contributed by atoms with Crippen LogP contribution in [0, 0.1) is 5.41 Å². The van der Waals surface area contributed by atoms with E-state index in [2.05, 4.69) is 0 Å². The zero-order chi connectivity index (χ0) is 11.5. The molecule has 1 rings (SSSR count). The van der Waals surface area contributed by atoms with Crippen molar-refractivity contribution in [2.45, 2.75) is 26.9 Å². The third-order valence-electron chi connectivity index (χ3n) is 2.53. The largest absolute Gasteiger partial charge is 0.389 e. The third-order valence-corrected chi connectivity index (χ3v) is 2.53. The number of hydrogen-bond donors (Lipinski definition) is 1. The van der Waals surface area contributed by atoms with Crippen molar-refractivity contribution in [1.29, 1.82) is 0 Å². The lowest BCUT2D eigenvalue weighted by atomic mass is 9.90. The fourth-order valence-corrected chi connectivity index (χ4v) is 1.44. The molecule has 0 bridgehead atoms. The summed E-state index contributed by atoms with van der Waals surface area (Å²) in [4.78, 5) is 13.8. The first-order chi connectivity index (χ1) is 6.89. The zero-order valence-electron chi connectivity index (χ0n) is 9.82. The second kappa shape index (κ2) is 5.05. The Kier molecular flexibility index (Phi) is 4.25. The number of rotatable bonds is 2. The highest BCUT2D eigenvalue weighted by molar-refractivity contribution is 5.85. The molecule has 1 unspecified atom stereocenters. The van der Waals surface area contributed by atoms with Crippen molar-refractivity contribution < 1.29 is 14.6 Å². The van der Waals surface area contributed by atoms with E-state index in [-0.39, 0.29) is 11.2 Å². The Bertz CT molecular complexity index is 222. The van der Waals surface area contributed by atoms with Crippen LogP contribution in [0.5, 0.6) is 0 Å². The fourth-order valence-electron chi connectivity index (χ4n) is 1.44. The van der Waals surface area contributed by atoms with Crippen molar-refractivity contribution in [2.24, 2.45) is 5.41 Å². The number of carbonyl (C=O) groups is 1. The van der Waals surface area contributed by atoms with Crippen LogP contribution in [0.15, 0.2) is 0 Å². The minimum absolute atomic E-state index is 0.205. The van der Waals surface area contributed by atoms with Crippen molar-refractivity contribution in [2.75, 3.05) is 32.8 Å². The Hall–Kier alpha value is -0.450. The number of nitrogens with zero attached hydrogens (tertiary/aromatic N) is 1. The van der Waals surface area contributed by atoms with Gasteiger partial charge in [0, 0.05) is 18.5 Å². The molecule has 4 heteroatoms. The number of aliphatic hydroxyl groups excluding tert-OH is 1. The van der Waals surface area contributed by atoms with Gasteiger partial charge in [0.2, 0.25) is 0 Å². The normalized spacial score (nSPS) is 24.9. The Labute approximate surface area is 91.2 Å². The van der Waals surface area contributed by atoms with Crippen LogP contribution >= 0.6 is 0 Å². The van der Waals surface area contributed by atoms with Crippen LogP contribution in [-0.4, -0.2) is 54.7 Å². The molecule has 0 aromatic heterocycles. The van der Waals surface area contributed by atoms with Crippen LogP contribution in [0.4, 0.5) is 0 Å². The van der Waals surface area contributed by atoms with Crippen LogP contribution < -0.4 is 0 Å². The van der Waals surface area contributed by atoms with E-state index in [0.717, 1.165) is 6.54 Å². The van der Waals surface area contributed by atoms with Crippen LogP contribution in [0.1, 0.15) is 20.8 Å². The summed E-state index contributed by atoms with van der Waals surface area (Å²) in [6.07, 6.45) is -0.472. The monoisotopic (exact) mass is 215 g/mol. The molecule has 1 heterocycles. The zero-order valence-corrected chi connectivity index (χ0v) is 9.82. The Morgan fingerprint density at radius 3 is 2.80 bits per heavy atom. The second-order valence-electron chi connectivity index (χ2n) is 5.14. The van der Waals surface area contributed by atoms with Gasteiger partial charge in [-0.1, -0.05) is 20.8 Å². The minimum Gasteiger partial charge on any atom is -0.389 e. The van der Waals surface area contributed by atoms with Crippen LogP contribution in [0.25, 0.3) is 0 Å². The summed E-state index contributed by atoms with van der Waals surface area (Å²) in [5.41, 5.74) is -0.307. The molecular formula is C11H21NO3. The minimum atomic E-state index is -0.472. The van der Waals surface area contributed by atoms with E-state index in [4.69, 9.17) is 4.74 Å². The van der Waals surface area contributed by atoms with Gasteiger partial charge in [0.05, 0.1) is 25.9 Å². The molecule has 0 aliphatic carbocycles. The van der Waals surface area contributed by atoms with E-state index in [9.17, 15) is 9.90 Å². The maximum absolute atomic E-state index is 11.8. The predicted molar refractivity (Wildman–Crippen MR) is 57.7 cm³/mol.